The van der Waals surface area contributed by atoms with Crippen LogP contribution in [0.3, 0.4) is 0 Å². The molecule has 1 aliphatic heterocycles. The molecule has 0 bridgehead atoms. The monoisotopic (exact) mass is 315 g/mol. The summed E-state index contributed by atoms with van der Waals surface area (Å²) in [5, 5.41) is 0.791. The lowest BCUT2D eigenvalue weighted by molar-refractivity contribution is 0.599. The molecule has 3 nitrogen and oxygen atoms in total. The molecule has 1 aliphatic rings. The zero-order valence-corrected chi connectivity index (χ0v) is 11.7. The van der Waals surface area contributed by atoms with Crippen LogP contribution >= 0.6 is 15.9 Å². The molecule has 0 radical (unpaired) electrons. The van der Waals surface area contributed by atoms with E-state index < -0.39 is 10.0 Å². The first-order chi connectivity index (χ1) is 8.13. The maximum atomic E-state index is 11.8. The predicted molar refractivity (Wildman–Crippen MR) is 75.0 cm³/mol. The van der Waals surface area contributed by atoms with Gasteiger partial charge in [-0.15, -0.1) is 0 Å². The van der Waals surface area contributed by atoms with Gasteiger partial charge in [0.15, 0.2) is 0 Å². The van der Waals surface area contributed by atoms with Crippen molar-refractivity contribution >= 4 is 37.7 Å². The molecule has 17 heavy (non-hydrogen) atoms. The van der Waals surface area contributed by atoms with Gasteiger partial charge in [-0.3, -0.25) is 4.31 Å². The molecule has 5 heteroatoms. The molecule has 0 aliphatic carbocycles. The standard InChI is InChI=1S/C12H14BrNO2S/c13-7-2-5-11-4-1-6-12(10-11)14-8-3-9-17(14,15)16/h1-2,4-6,10H,3,7-9H2. The Bertz CT molecular complexity index is 525. The molecule has 0 aromatic heterocycles. The lowest BCUT2D eigenvalue weighted by atomic mass is 10.2. The molecule has 0 unspecified atom stereocenters. The Balaban J connectivity index is 2.30. The fraction of sp³-hybridized carbons (Fsp3) is 0.333. The summed E-state index contributed by atoms with van der Waals surface area (Å²) in [6.07, 6.45) is 4.67. The molecular weight excluding hydrogens is 302 g/mol. The lowest BCUT2D eigenvalue weighted by Crippen LogP contribution is -2.24. The molecule has 1 heterocycles. The molecule has 0 atom stereocenters. The first kappa shape index (κ1) is 12.6. The van der Waals surface area contributed by atoms with Crippen molar-refractivity contribution < 1.29 is 8.42 Å². The molecule has 0 saturated carbocycles. The number of halogens is 1. The van der Waals surface area contributed by atoms with Crippen molar-refractivity contribution in [3.05, 3.63) is 35.9 Å². The van der Waals surface area contributed by atoms with Gasteiger partial charge in [0.1, 0.15) is 0 Å². The van der Waals surface area contributed by atoms with E-state index in [4.69, 9.17) is 0 Å². The third-order valence-corrected chi connectivity index (χ3v) is 4.90. The maximum Gasteiger partial charge on any atom is 0.235 e. The first-order valence-corrected chi connectivity index (χ1v) is 8.19. The summed E-state index contributed by atoms with van der Waals surface area (Å²) in [4.78, 5) is 0. The molecule has 1 saturated heterocycles. The lowest BCUT2D eigenvalue weighted by Gasteiger charge is -2.17. The molecule has 2 rings (SSSR count). The molecule has 1 aromatic rings. The third kappa shape index (κ3) is 2.90. The number of benzene rings is 1. The van der Waals surface area contributed by atoms with Crippen LogP contribution in [-0.4, -0.2) is 26.0 Å². The van der Waals surface area contributed by atoms with Gasteiger partial charge in [0.25, 0.3) is 0 Å². The van der Waals surface area contributed by atoms with Gasteiger partial charge in [-0.2, -0.15) is 0 Å². The van der Waals surface area contributed by atoms with Crippen molar-refractivity contribution in [2.75, 3.05) is 21.9 Å². The Kier molecular flexibility index (Phi) is 3.89. The van der Waals surface area contributed by atoms with Gasteiger partial charge in [-0.05, 0) is 24.1 Å². The number of sulfonamides is 1. The van der Waals surface area contributed by atoms with E-state index in [0.717, 1.165) is 16.6 Å². The molecule has 0 amide bonds. The zero-order chi connectivity index (χ0) is 12.3. The topological polar surface area (TPSA) is 37.4 Å². The summed E-state index contributed by atoms with van der Waals surface area (Å²) in [6.45, 7) is 0.591. The number of nitrogens with zero attached hydrogens (tertiary/aromatic N) is 1. The van der Waals surface area contributed by atoms with Crippen LogP contribution in [0.4, 0.5) is 5.69 Å². The minimum atomic E-state index is -3.08. The highest BCUT2D eigenvalue weighted by Crippen LogP contribution is 2.25. The summed E-state index contributed by atoms with van der Waals surface area (Å²) in [6, 6.07) is 7.60. The highest BCUT2D eigenvalue weighted by Gasteiger charge is 2.28. The summed E-state index contributed by atoms with van der Waals surface area (Å²) in [5.74, 6) is 0.258. The molecule has 1 fully saturated rings. The van der Waals surface area contributed by atoms with Crippen molar-refractivity contribution in [2.24, 2.45) is 0 Å². The van der Waals surface area contributed by atoms with Gasteiger partial charge in [0, 0.05) is 11.9 Å². The Morgan fingerprint density at radius 1 is 1.41 bits per heavy atom. The second-order valence-electron chi connectivity index (χ2n) is 3.89. The smallest absolute Gasteiger partial charge is 0.235 e. The van der Waals surface area contributed by atoms with E-state index in [-0.39, 0.29) is 5.75 Å². The molecule has 0 N–H and O–H groups in total. The molecular formula is C12H14BrNO2S. The van der Waals surface area contributed by atoms with Crippen molar-refractivity contribution in [2.45, 2.75) is 6.42 Å². The normalized spacial score (nSPS) is 19.0. The van der Waals surface area contributed by atoms with Crippen LogP contribution in [0.25, 0.3) is 6.08 Å². The van der Waals surface area contributed by atoms with Crippen molar-refractivity contribution in [3.63, 3.8) is 0 Å². The van der Waals surface area contributed by atoms with Gasteiger partial charge in [0.05, 0.1) is 11.4 Å². The van der Waals surface area contributed by atoms with Crippen LogP contribution in [-0.2, 0) is 10.0 Å². The number of hydrogen-bond acceptors (Lipinski definition) is 2. The number of allylic oxidation sites excluding steroid dienone is 1. The summed E-state index contributed by atoms with van der Waals surface area (Å²) < 4.78 is 25.1. The fourth-order valence-corrected chi connectivity index (χ4v) is 3.64. The van der Waals surface area contributed by atoms with E-state index >= 15 is 0 Å². The van der Waals surface area contributed by atoms with Crippen LogP contribution in [0.2, 0.25) is 0 Å². The Labute approximate surface area is 110 Å². The average molecular weight is 316 g/mol. The maximum absolute atomic E-state index is 11.8. The summed E-state index contributed by atoms with van der Waals surface area (Å²) >= 11 is 3.32. The van der Waals surface area contributed by atoms with Gasteiger partial charge in [-0.25, -0.2) is 8.42 Å². The second kappa shape index (κ2) is 5.23. The molecule has 0 spiro atoms. The Morgan fingerprint density at radius 3 is 2.88 bits per heavy atom. The van der Waals surface area contributed by atoms with E-state index in [2.05, 4.69) is 15.9 Å². The quantitative estimate of drug-likeness (QED) is 0.804. The van der Waals surface area contributed by atoms with E-state index in [0.29, 0.717) is 13.0 Å². The van der Waals surface area contributed by atoms with Crippen LogP contribution in [0.15, 0.2) is 30.3 Å². The first-order valence-electron chi connectivity index (χ1n) is 5.46. The van der Waals surface area contributed by atoms with Crippen LogP contribution < -0.4 is 4.31 Å². The summed E-state index contributed by atoms with van der Waals surface area (Å²) in [5.41, 5.74) is 1.78. The average Bonchev–Trinajstić information content (AvgIpc) is 2.67. The van der Waals surface area contributed by atoms with Crippen LogP contribution in [0, 0.1) is 0 Å². The Hall–Kier alpha value is -0.810. The SMILES string of the molecule is O=S1(=O)CCCN1c1cccc(C=CCBr)c1. The van der Waals surface area contributed by atoms with E-state index in [1.165, 1.54) is 4.31 Å². The van der Waals surface area contributed by atoms with Gasteiger partial charge in [0.2, 0.25) is 10.0 Å². The highest BCUT2D eigenvalue weighted by molar-refractivity contribution is 9.09. The number of alkyl halides is 1. The number of anilines is 1. The predicted octanol–water partition coefficient (Wildman–Crippen LogP) is 2.63. The number of rotatable bonds is 3. The van der Waals surface area contributed by atoms with E-state index in [9.17, 15) is 8.42 Å². The van der Waals surface area contributed by atoms with Crippen molar-refractivity contribution in [1.29, 1.82) is 0 Å². The highest BCUT2D eigenvalue weighted by atomic mass is 79.9. The van der Waals surface area contributed by atoms with Crippen LogP contribution in [0.1, 0.15) is 12.0 Å². The minimum absolute atomic E-state index is 0.258. The molecule has 92 valence electrons. The van der Waals surface area contributed by atoms with E-state index in [1.54, 1.807) is 0 Å². The zero-order valence-electron chi connectivity index (χ0n) is 9.34. The third-order valence-electron chi connectivity index (χ3n) is 2.66. The Morgan fingerprint density at radius 2 is 2.24 bits per heavy atom. The van der Waals surface area contributed by atoms with Crippen LogP contribution in [0.5, 0.6) is 0 Å². The largest absolute Gasteiger partial charge is 0.270 e. The van der Waals surface area contributed by atoms with Gasteiger partial charge in [-0.1, -0.05) is 40.2 Å². The van der Waals surface area contributed by atoms with Gasteiger partial charge < -0.3 is 0 Å². The number of hydrogen-bond donors (Lipinski definition) is 0. The minimum Gasteiger partial charge on any atom is -0.270 e. The van der Waals surface area contributed by atoms with Gasteiger partial charge >= 0.3 is 0 Å². The molecule has 1 aromatic carbocycles. The second-order valence-corrected chi connectivity index (χ2v) is 6.55. The summed E-state index contributed by atoms with van der Waals surface area (Å²) in [7, 11) is -3.08. The van der Waals surface area contributed by atoms with Crippen molar-refractivity contribution in [1.82, 2.24) is 0 Å². The fourth-order valence-electron chi connectivity index (χ4n) is 1.89. The van der Waals surface area contributed by atoms with Crippen molar-refractivity contribution in [3.8, 4) is 0 Å². The van der Waals surface area contributed by atoms with E-state index in [1.807, 2.05) is 36.4 Å².